The van der Waals surface area contributed by atoms with Gasteiger partial charge in [0.1, 0.15) is 23.3 Å². The maximum Gasteiger partial charge on any atom is 0.172 e. The van der Waals surface area contributed by atoms with Crippen LogP contribution in [-0.2, 0) is 7.05 Å². The molecule has 0 saturated carbocycles. The van der Waals surface area contributed by atoms with Gasteiger partial charge in [-0.25, -0.2) is 19.0 Å². The summed E-state index contributed by atoms with van der Waals surface area (Å²) in [6.07, 6.45) is 3.21. The average Bonchev–Trinajstić information content (AvgIpc) is 3.24. The van der Waals surface area contributed by atoms with Crippen molar-refractivity contribution in [2.45, 2.75) is 0 Å². The van der Waals surface area contributed by atoms with Gasteiger partial charge in [0.15, 0.2) is 23.0 Å². The van der Waals surface area contributed by atoms with E-state index in [1.54, 1.807) is 29.9 Å². The molecule has 0 saturated heterocycles. The van der Waals surface area contributed by atoms with Crippen LogP contribution in [0.2, 0.25) is 0 Å². The van der Waals surface area contributed by atoms with Gasteiger partial charge in [0, 0.05) is 24.7 Å². The number of aryl methyl sites for hydroxylation is 1. The predicted octanol–water partition coefficient (Wildman–Crippen LogP) is 3.82. The maximum atomic E-state index is 14.5. The standard InChI is InChI=1S/C20H15FN6O/c1-26-19-17(18(22)23-11-24-19)20(25-26)27-8-7-12-9-14(21)16(10-15(12)27)28-13-5-3-2-4-6-13/h2-11H,1H3,(H2,22,23,24). The van der Waals surface area contributed by atoms with Crippen molar-refractivity contribution in [3.05, 3.63) is 66.9 Å². The molecule has 0 aliphatic carbocycles. The Balaban J connectivity index is 1.71. The molecule has 0 aliphatic rings. The molecule has 2 aromatic carbocycles. The number of rotatable bonds is 3. The Kier molecular flexibility index (Phi) is 3.51. The molecule has 3 heterocycles. The molecule has 0 amide bonds. The minimum Gasteiger partial charge on any atom is -0.454 e. The molecule has 8 heteroatoms. The quantitative estimate of drug-likeness (QED) is 0.519. The molecule has 0 fully saturated rings. The molecule has 0 spiro atoms. The molecule has 0 atom stereocenters. The molecule has 0 radical (unpaired) electrons. The minimum absolute atomic E-state index is 0.128. The number of fused-ring (bicyclic) bond motifs is 2. The minimum atomic E-state index is -0.442. The summed E-state index contributed by atoms with van der Waals surface area (Å²) in [4.78, 5) is 8.33. The van der Waals surface area contributed by atoms with E-state index in [0.717, 1.165) is 5.52 Å². The SMILES string of the molecule is Cn1nc(-n2ccc3cc(F)c(Oc4ccccc4)cc32)c2c(N)ncnc21. The third-order valence-corrected chi connectivity index (χ3v) is 4.57. The highest BCUT2D eigenvalue weighted by atomic mass is 19.1. The molecular weight excluding hydrogens is 359 g/mol. The fourth-order valence-electron chi connectivity index (χ4n) is 3.27. The molecule has 7 nitrogen and oxygen atoms in total. The number of hydrogen-bond donors (Lipinski definition) is 1. The first-order chi connectivity index (χ1) is 13.6. The van der Waals surface area contributed by atoms with Crippen LogP contribution in [0.1, 0.15) is 0 Å². The zero-order chi connectivity index (χ0) is 19.3. The lowest BCUT2D eigenvalue weighted by Gasteiger charge is -2.09. The summed E-state index contributed by atoms with van der Waals surface area (Å²) in [5.74, 6) is 1.14. The van der Waals surface area contributed by atoms with E-state index in [0.29, 0.717) is 33.8 Å². The Hall–Kier alpha value is -3.94. The summed E-state index contributed by atoms with van der Waals surface area (Å²) in [7, 11) is 1.79. The van der Waals surface area contributed by atoms with Crippen molar-refractivity contribution < 1.29 is 9.13 Å². The van der Waals surface area contributed by atoms with E-state index in [1.165, 1.54) is 12.4 Å². The number of para-hydroxylation sites is 1. The summed E-state index contributed by atoms with van der Waals surface area (Å²) < 4.78 is 23.7. The molecule has 138 valence electrons. The number of nitrogens with two attached hydrogens (primary N) is 1. The van der Waals surface area contributed by atoms with Crippen LogP contribution in [0.5, 0.6) is 11.5 Å². The fraction of sp³-hybridized carbons (Fsp3) is 0.0500. The van der Waals surface area contributed by atoms with Gasteiger partial charge in [0.2, 0.25) is 0 Å². The molecular formula is C20H15FN6O. The Morgan fingerprint density at radius 3 is 2.71 bits per heavy atom. The Morgan fingerprint density at radius 2 is 1.89 bits per heavy atom. The molecule has 0 aliphatic heterocycles. The topological polar surface area (TPSA) is 83.8 Å². The van der Waals surface area contributed by atoms with Crippen LogP contribution in [-0.4, -0.2) is 24.3 Å². The Labute approximate surface area is 158 Å². The van der Waals surface area contributed by atoms with Crippen molar-refractivity contribution in [2.75, 3.05) is 5.73 Å². The molecule has 28 heavy (non-hydrogen) atoms. The van der Waals surface area contributed by atoms with Gasteiger partial charge in [0.25, 0.3) is 0 Å². The molecule has 5 rings (SSSR count). The third kappa shape index (κ3) is 2.46. The first-order valence-corrected chi connectivity index (χ1v) is 8.59. The number of nitrogens with zero attached hydrogens (tertiary/aromatic N) is 5. The van der Waals surface area contributed by atoms with Gasteiger partial charge in [-0.3, -0.25) is 4.57 Å². The molecule has 2 N–H and O–H groups in total. The lowest BCUT2D eigenvalue weighted by Crippen LogP contribution is -1.98. The van der Waals surface area contributed by atoms with Crippen LogP contribution in [0.3, 0.4) is 0 Å². The number of anilines is 1. The summed E-state index contributed by atoms with van der Waals surface area (Å²) in [6.45, 7) is 0. The largest absolute Gasteiger partial charge is 0.454 e. The van der Waals surface area contributed by atoms with Gasteiger partial charge < -0.3 is 10.5 Å². The third-order valence-electron chi connectivity index (χ3n) is 4.57. The van der Waals surface area contributed by atoms with Gasteiger partial charge in [-0.2, -0.15) is 5.10 Å². The van der Waals surface area contributed by atoms with Crippen molar-refractivity contribution >= 4 is 27.8 Å². The number of halogens is 1. The van der Waals surface area contributed by atoms with Crippen molar-refractivity contribution in [2.24, 2.45) is 7.05 Å². The second-order valence-corrected chi connectivity index (χ2v) is 6.35. The van der Waals surface area contributed by atoms with Crippen LogP contribution in [0, 0.1) is 5.82 Å². The lowest BCUT2D eigenvalue weighted by atomic mass is 10.2. The average molecular weight is 374 g/mol. The van der Waals surface area contributed by atoms with E-state index in [-0.39, 0.29) is 5.75 Å². The van der Waals surface area contributed by atoms with E-state index < -0.39 is 5.82 Å². The highest BCUT2D eigenvalue weighted by Gasteiger charge is 2.18. The van der Waals surface area contributed by atoms with E-state index in [9.17, 15) is 4.39 Å². The van der Waals surface area contributed by atoms with E-state index in [2.05, 4.69) is 15.1 Å². The Morgan fingerprint density at radius 1 is 1.07 bits per heavy atom. The van der Waals surface area contributed by atoms with E-state index in [4.69, 9.17) is 10.5 Å². The first-order valence-electron chi connectivity index (χ1n) is 8.59. The lowest BCUT2D eigenvalue weighted by molar-refractivity contribution is 0.443. The second kappa shape index (κ2) is 6.05. The van der Waals surface area contributed by atoms with Crippen LogP contribution < -0.4 is 10.5 Å². The number of benzene rings is 2. The zero-order valence-electron chi connectivity index (χ0n) is 14.9. The highest BCUT2D eigenvalue weighted by molar-refractivity contribution is 5.95. The van der Waals surface area contributed by atoms with Crippen LogP contribution in [0.4, 0.5) is 10.2 Å². The van der Waals surface area contributed by atoms with Crippen LogP contribution in [0.25, 0.3) is 27.8 Å². The number of nitrogen functional groups attached to an aromatic ring is 1. The molecule has 0 bridgehead atoms. The van der Waals surface area contributed by atoms with Crippen molar-refractivity contribution in [1.82, 2.24) is 24.3 Å². The molecule has 0 unspecified atom stereocenters. The molecule has 3 aromatic heterocycles. The number of aromatic nitrogens is 5. The van der Waals surface area contributed by atoms with Crippen molar-refractivity contribution in [1.29, 1.82) is 0 Å². The number of hydrogen-bond acceptors (Lipinski definition) is 5. The normalized spacial score (nSPS) is 11.4. The maximum absolute atomic E-state index is 14.5. The second-order valence-electron chi connectivity index (χ2n) is 6.35. The Bertz CT molecular complexity index is 1330. The van der Waals surface area contributed by atoms with Crippen LogP contribution in [0.15, 0.2) is 61.1 Å². The van der Waals surface area contributed by atoms with E-state index in [1.807, 2.05) is 35.0 Å². The van der Waals surface area contributed by atoms with Gasteiger partial charge in [0.05, 0.1) is 5.52 Å². The number of ether oxygens (including phenoxy) is 1. The summed E-state index contributed by atoms with van der Waals surface area (Å²) >= 11 is 0. The van der Waals surface area contributed by atoms with Crippen molar-refractivity contribution in [3.63, 3.8) is 0 Å². The monoisotopic (exact) mass is 374 g/mol. The first kappa shape index (κ1) is 16.2. The van der Waals surface area contributed by atoms with Crippen molar-refractivity contribution in [3.8, 4) is 17.3 Å². The smallest absolute Gasteiger partial charge is 0.172 e. The van der Waals surface area contributed by atoms with Gasteiger partial charge in [-0.05, 0) is 24.3 Å². The van der Waals surface area contributed by atoms with Crippen LogP contribution >= 0.6 is 0 Å². The molecule has 5 aromatic rings. The van der Waals surface area contributed by atoms with Gasteiger partial charge in [-0.15, -0.1) is 0 Å². The zero-order valence-corrected chi connectivity index (χ0v) is 14.9. The summed E-state index contributed by atoms with van der Waals surface area (Å²) in [6, 6.07) is 14.0. The summed E-state index contributed by atoms with van der Waals surface area (Å²) in [5.41, 5.74) is 7.42. The fourth-order valence-corrected chi connectivity index (χ4v) is 3.27. The highest BCUT2D eigenvalue weighted by Crippen LogP contribution is 2.32. The predicted molar refractivity (Wildman–Crippen MR) is 104 cm³/mol. The van der Waals surface area contributed by atoms with Gasteiger partial charge in [-0.1, -0.05) is 18.2 Å². The van der Waals surface area contributed by atoms with Gasteiger partial charge >= 0.3 is 0 Å². The van der Waals surface area contributed by atoms with E-state index >= 15 is 0 Å². The summed E-state index contributed by atoms with van der Waals surface area (Å²) in [5, 5.41) is 5.89.